The van der Waals surface area contributed by atoms with Gasteiger partial charge in [-0.1, -0.05) is 24.3 Å². The molecule has 0 unspecified atom stereocenters. The van der Waals surface area contributed by atoms with Crippen LogP contribution in [0.2, 0.25) is 0 Å². The molecule has 206 valence electrons. The highest BCUT2D eigenvalue weighted by Crippen LogP contribution is 2.56. The first-order valence-electron chi connectivity index (χ1n) is 12.4. The molecule has 0 amide bonds. The van der Waals surface area contributed by atoms with E-state index in [1.54, 1.807) is 0 Å². The number of phenolic OH excluding ortho intramolecular Hbond substituents is 4. The minimum absolute atomic E-state index is 0.0445. The van der Waals surface area contributed by atoms with Crippen LogP contribution in [-0.4, -0.2) is 56.8 Å². The molecule has 4 N–H and O–H groups in total. The summed E-state index contributed by atoms with van der Waals surface area (Å²) in [5, 5.41) is 41.9. The van der Waals surface area contributed by atoms with Crippen LogP contribution in [-0.2, 0) is 19.1 Å². The van der Waals surface area contributed by atoms with Gasteiger partial charge in [0.1, 0.15) is 23.7 Å². The summed E-state index contributed by atoms with van der Waals surface area (Å²) in [4.78, 5) is 25.8. The molecule has 3 aromatic carbocycles. The van der Waals surface area contributed by atoms with Gasteiger partial charge in [0.05, 0.1) is 23.3 Å². The lowest BCUT2D eigenvalue weighted by atomic mass is 9.95. The molecule has 2 aliphatic heterocycles. The molecule has 2 aliphatic rings. The zero-order chi connectivity index (χ0) is 28.6. The fraction of sp³-hybridized carbons (Fsp3) is 0.200. The van der Waals surface area contributed by atoms with Crippen molar-refractivity contribution in [1.29, 1.82) is 0 Å². The van der Waals surface area contributed by atoms with E-state index in [0.717, 1.165) is 12.2 Å². The molecule has 10 heteroatoms. The largest absolute Gasteiger partial charge is 0.508 e. The number of carbonyl (C=O) groups is 2. The van der Waals surface area contributed by atoms with Crippen LogP contribution in [0.3, 0.4) is 0 Å². The molecule has 4 atom stereocenters. The van der Waals surface area contributed by atoms with Crippen LogP contribution >= 0.6 is 0 Å². The summed E-state index contributed by atoms with van der Waals surface area (Å²) in [6.45, 7) is 3.67. The number of esters is 2. The zero-order valence-corrected chi connectivity index (χ0v) is 21.5. The highest BCUT2D eigenvalue weighted by molar-refractivity contribution is 5.98. The fourth-order valence-corrected chi connectivity index (χ4v) is 4.09. The van der Waals surface area contributed by atoms with E-state index in [0.29, 0.717) is 0 Å². The first-order chi connectivity index (χ1) is 19.1. The van der Waals surface area contributed by atoms with Crippen molar-refractivity contribution in [1.82, 2.24) is 0 Å². The van der Waals surface area contributed by atoms with Crippen molar-refractivity contribution in [3.63, 3.8) is 0 Å². The quantitative estimate of drug-likeness (QED) is 0.105. The number of epoxide rings is 2. The number of rotatable bonds is 8. The van der Waals surface area contributed by atoms with Gasteiger partial charge in [-0.25, -0.2) is 9.59 Å². The summed E-state index contributed by atoms with van der Waals surface area (Å²) in [5.74, 6) is -3.92. The lowest BCUT2D eigenvalue weighted by Gasteiger charge is -2.20. The number of benzene rings is 3. The van der Waals surface area contributed by atoms with Crippen molar-refractivity contribution in [3.8, 4) is 56.8 Å². The Morgan fingerprint density at radius 2 is 0.975 bits per heavy atom. The smallest absolute Gasteiger partial charge is 0.336 e. The van der Waals surface area contributed by atoms with Gasteiger partial charge in [-0.15, -0.1) is 0 Å². The maximum absolute atomic E-state index is 12.9. The Morgan fingerprint density at radius 1 is 0.650 bits per heavy atom. The third kappa shape index (κ3) is 5.78. The Morgan fingerprint density at radius 3 is 1.27 bits per heavy atom. The molecule has 0 bridgehead atoms. The predicted octanol–water partition coefficient (Wildman–Crippen LogP) is 4.34. The van der Waals surface area contributed by atoms with Crippen molar-refractivity contribution in [2.75, 3.05) is 0 Å². The molecule has 40 heavy (non-hydrogen) atoms. The number of hydrogen-bond acceptors (Lipinski definition) is 10. The van der Waals surface area contributed by atoms with Gasteiger partial charge < -0.3 is 39.4 Å². The van der Waals surface area contributed by atoms with Gasteiger partial charge in [0.2, 0.25) is 0 Å². The van der Waals surface area contributed by atoms with E-state index in [-0.39, 0.29) is 69.7 Å². The Hall–Kier alpha value is -4.80. The molecular formula is C30H26O10. The van der Waals surface area contributed by atoms with Crippen LogP contribution in [0.25, 0.3) is 22.3 Å². The van der Waals surface area contributed by atoms with Gasteiger partial charge in [0, 0.05) is 12.2 Å². The third-order valence-electron chi connectivity index (χ3n) is 6.44. The minimum atomic E-state index is -0.863. The van der Waals surface area contributed by atoms with E-state index in [1.807, 2.05) is 13.8 Å². The van der Waals surface area contributed by atoms with Gasteiger partial charge in [0.15, 0.2) is 23.0 Å². The summed E-state index contributed by atoms with van der Waals surface area (Å²) < 4.78 is 21.9. The van der Waals surface area contributed by atoms with Gasteiger partial charge in [-0.05, 0) is 61.4 Å². The molecule has 0 aromatic heterocycles. The summed E-state index contributed by atoms with van der Waals surface area (Å²) in [7, 11) is 0. The second-order valence-corrected chi connectivity index (χ2v) is 9.37. The van der Waals surface area contributed by atoms with Crippen LogP contribution in [0.5, 0.6) is 34.5 Å². The van der Waals surface area contributed by atoms with Gasteiger partial charge in [0.25, 0.3) is 0 Å². The topological polar surface area (TPSA) is 159 Å². The molecule has 10 nitrogen and oxygen atoms in total. The van der Waals surface area contributed by atoms with Crippen molar-refractivity contribution in [2.24, 2.45) is 0 Å². The number of carbonyl (C=O) groups excluding carboxylic acids is 2. The molecule has 2 fully saturated rings. The maximum Gasteiger partial charge on any atom is 0.336 e. The number of aromatic hydroxyl groups is 4. The van der Waals surface area contributed by atoms with Crippen LogP contribution < -0.4 is 9.47 Å². The van der Waals surface area contributed by atoms with E-state index < -0.39 is 23.4 Å². The Bertz CT molecular complexity index is 1390. The minimum Gasteiger partial charge on any atom is -0.508 e. The summed E-state index contributed by atoms with van der Waals surface area (Å²) in [6.07, 6.45) is 4.73. The molecule has 0 radical (unpaired) electrons. The normalized spacial score (nSPS) is 21.4. The van der Waals surface area contributed by atoms with Crippen molar-refractivity contribution < 1.29 is 49.0 Å². The van der Waals surface area contributed by atoms with Crippen LogP contribution in [0, 0.1) is 0 Å². The van der Waals surface area contributed by atoms with Crippen LogP contribution in [0.15, 0.2) is 72.8 Å². The maximum atomic E-state index is 12.9. The Kier molecular flexibility index (Phi) is 7.20. The highest BCUT2D eigenvalue weighted by Gasteiger charge is 2.34. The summed E-state index contributed by atoms with van der Waals surface area (Å²) in [6, 6.07) is 11.0. The average molecular weight is 547 g/mol. The van der Waals surface area contributed by atoms with Gasteiger partial charge >= 0.3 is 11.9 Å². The van der Waals surface area contributed by atoms with Crippen molar-refractivity contribution >= 4 is 11.9 Å². The lowest BCUT2D eigenvalue weighted by Crippen LogP contribution is -2.12. The molecule has 3 aromatic rings. The van der Waals surface area contributed by atoms with E-state index in [9.17, 15) is 30.0 Å². The average Bonchev–Trinajstić information content (AvgIpc) is 3.83. The first-order valence-corrected chi connectivity index (χ1v) is 12.4. The monoisotopic (exact) mass is 546 g/mol. The molecule has 0 spiro atoms. The van der Waals surface area contributed by atoms with E-state index in [1.165, 1.54) is 60.7 Å². The zero-order valence-electron chi connectivity index (χ0n) is 21.5. The third-order valence-corrected chi connectivity index (χ3v) is 6.44. The second-order valence-electron chi connectivity index (χ2n) is 9.37. The summed E-state index contributed by atoms with van der Waals surface area (Å²) >= 11 is 0. The molecular weight excluding hydrogens is 520 g/mol. The Balaban J connectivity index is 1.68. The second kappa shape index (κ2) is 10.8. The van der Waals surface area contributed by atoms with Crippen molar-refractivity contribution in [2.45, 2.75) is 38.3 Å². The molecule has 2 saturated heterocycles. The van der Waals surface area contributed by atoms with Crippen LogP contribution in [0.4, 0.5) is 0 Å². The molecule has 2 heterocycles. The molecule has 0 saturated carbocycles. The van der Waals surface area contributed by atoms with Crippen molar-refractivity contribution in [3.05, 3.63) is 72.8 Å². The number of hydrogen-bond donors (Lipinski definition) is 4. The number of phenols is 4. The van der Waals surface area contributed by atoms with Crippen LogP contribution in [0.1, 0.15) is 13.8 Å². The van der Waals surface area contributed by atoms with Gasteiger partial charge in [-0.3, -0.25) is 0 Å². The highest BCUT2D eigenvalue weighted by atomic mass is 16.6. The van der Waals surface area contributed by atoms with Gasteiger partial charge in [-0.2, -0.15) is 0 Å². The Labute approximate surface area is 228 Å². The predicted molar refractivity (Wildman–Crippen MR) is 142 cm³/mol. The van der Waals surface area contributed by atoms with E-state index >= 15 is 0 Å². The SMILES string of the molecule is C[C@@H]1O[C@@H]1/C=C\C(=O)Oc1c(OC(=O)/C=C\[C@H]2O[C@H]2C)c(-c2ccc(O)cc2)c(O)c(O)c1-c1ccc(O)cc1. The fourth-order valence-electron chi connectivity index (χ4n) is 4.09. The van der Waals surface area contributed by atoms with E-state index in [4.69, 9.17) is 18.9 Å². The molecule has 0 aliphatic carbocycles. The van der Waals surface area contributed by atoms with E-state index in [2.05, 4.69) is 0 Å². The first kappa shape index (κ1) is 26.8. The standard InChI is InChI=1S/C30H26O10/c1-15-21(37-15)11-13-23(33)39-29-25(17-3-7-19(31)8-4-17)27(35)28(36)26(18-5-9-20(32)10-6-18)30(29)40-24(34)14-12-22-16(2)38-22/h3-16,21-22,31-32,35-36H,1-2H3/b13-11-,14-12-/t15-,16-,21+,22+/m0/s1. The number of ether oxygens (including phenoxy) is 4. The lowest BCUT2D eigenvalue weighted by molar-refractivity contribution is -0.131. The summed E-state index contributed by atoms with van der Waals surface area (Å²) in [5.41, 5.74) is 0.149. The molecule has 5 rings (SSSR count).